The maximum atomic E-state index is 11.3. The Hall–Kier alpha value is -2.79. The van der Waals surface area contributed by atoms with Crippen LogP contribution in [0.1, 0.15) is 6.92 Å². The third kappa shape index (κ3) is 4.61. The van der Waals surface area contributed by atoms with Crippen molar-refractivity contribution in [2.24, 2.45) is 0 Å². The number of nitrogens with zero attached hydrogens (tertiary/aromatic N) is 1. The average Bonchev–Trinajstić information content (AvgIpc) is 2.61. The number of ether oxygens (including phenoxy) is 3. The summed E-state index contributed by atoms with van der Waals surface area (Å²) in [6.07, 6.45) is 0. The first-order chi connectivity index (χ1) is 12.1. The molecule has 3 aromatic rings. The second-order valence-electron chi connectivity index (χ2n) is 5.15. The number of pyridine rings is 1. The van der Waals surface area contributed by atoms with E-state index in [2.05, 4.69) is 4.98 Å². The first kappa shape index (κ1) is 17.0. The Morgan fingerprint density at radius 1 is 1.04 bits per heavy atom. The number of carbonyl (C=O) groups is 1. The molecule has 128 valence electrons. The van der Waals surface area contributed by atoms with E-state index in [1.165, 1.54) is 0 Å². The normalized spacial score (nSPS) is 10.5. The summed E-state index contributed by atoms with van der Waals surface area (Å²) >= 11 is 5.97. The molecule has 0 atom stereocenters. The molecular weight excluding hydrogens is 342 g/mol. The number of carbonyl (C=O) groups excluding carboxylic acids is 1. The molecule has 0 spiro atoms. The van der Waals surface area contributed by atoms with Gasteiger partial charge in [-0.05, 0) is 55.5 Å². The van der Waals surface area contributed by atoms with E-state index < -0.39 is 5.97 Å². The van der Waals surface area contributed by atoms with Crippen molar-refractivity contribution in [1.82, 2.24) is 4.98 Å². The van der Waals surface area contributed by atoms with Crippen LogP contribution in [0.4, 0.5) is 0 Å². The van der Waals surface area contributed by atoms with Crippen molar-refractivity contribution in [2.45, 2.75) is 6.92 Å². The van der Waals surface area contributed by atoms with Crippen LogP contribution in [0.15, 0.2) is 54.6 Å². The van der Waals surface area contributed by atoms with E-state index >= 15 is 0 Å². The Kier molecular flexibility index (Phi) is 5.36. The van der Waals surface area contributed by atoms with Crippen molar-refractivity contribution in [3.05, 3.63) is 59.6 Å². The number of hydrogen-bond acceptors (Lipinski definition) is 5. The molecule has 0 saturated heterocycles. The number of rotatable bonds is 6. The molecule has 0 N–H and O–H groups in total. The predicted molar refractivity (Wildman–Crippen MR) is 95.4 cm³/mol. The summed E-state index contributed by atoms with van der Waals surface area (Å²) < 4.78 is 15.9. The fourth-order valence-electron chi connectivity index (χ4n) is 2.20. The molecule has 0 fully saturated rings. The zero-order valence-corrected chi connectivity index (χ0v) is 14.3. The number of halogens is 1. The van der Waals surface area contributed by atoms with Gasteiger partial charge in [0, 0.05) is 16.5 Å². The first-order valence-electron chi connectivity index (χ1n) is 7.76. The Morgan fingerprint density at radius 2 is 1.80 bits per heavy atom. The van der Waals surface area contributed by atoms with Crippen LogP contribution in [-0.2, 0) is 9.53 Å². The summed E-state index contributed by atoms with van der Waals surface area (Å²) in [7, 11) is 0. The molecule has 0 unspecified atom stereocenters. The summed E-state index contributed by atoms with van der Waals surface area (Å²) in [4.78, 5) is 15.7. The lowest BCUT2D eigenvalue weighted by Crippen LogP contribution is -2.14. The third-order valence-electron chi connectivity index (χ3n) is 3.33. The molecule has 0 saturated carbocycles. The van der Waals surface area contributed by atoms with E-state index in [-0.39, 0.29) is 6.61 Å². The van der Waals surface area contributed by atoms with Gasteiger partial charge in [-0.3, -0.25) is 0 Å². The Balaban J connectivity index is 1.65. The molecule has 1 heterocycles. The molecule has 0 radical (unpaired) electrons. The van der Waals surface area contributed by atoms with Crippen LogP contribution in [0.25, 0.3) is 10.9 Å². The van der Waals surface area contributed by atoms with Crippen LogP contribution in [-0.4, -0.2) is 24.2 Å². The number of aromatic nitrogens is 1. The lowest BCUT2D eigenvalue weighted by atomic mass is 10.2. The number of esters is 1. The van der Waals surface area contributed by atoms with Crippen molar-refractivity contribution in [1.29, 1.82) is 0 Å². The van der Waals surface area contributed by atoms with E-state index in [0.29, 0.717) is 29.0 Å². The van der Waals surface area contributed by atoms with Crippen LogP contribution >= 0.6 is 11.6 Å². The molecule has 5 nitrogen and oxygen atoms in total. The van der Waals surface area contributed by atoms with Crippen molar-refractivity contribution in [3.63, 3.8) is 0 Å². The average molecular weight is 358 g/mol. The topological polar surface area (TPSA) is 57.7 Å². The minimum absolute atomic E-state index is 0.122. The van der Waals surface area contributed by atoms with Gasteiger partial charge in [-0.2, -0.15) is 0 Å². The van der Waals surface area contributed by atoms with Crippen molar-refractivity contribution >= 4 is 28.5 Å². The van der Waals surface area contributed by atoms with Crippen LogP contribution in [0.5, 0.6) is 17.4 Å². The molecule has 3 rings (SSSR count). The van der Waals surface area contributed by atoms with Crippen LogP contribution < -0.4 is 9.47 Å². The van der Waals surface area contributed by atoms with E-state index in [4.69, 9.17) is 25.8 Å². The van der Waals surface area contributed by atoms with Gasteiger partial charge in [0.15, 0.2) is 6.61 Å². The van der Waals surface area contributed by atoms with Gasteiger partial charge in [0.25, 0.3) is 0 Å². The molecule has 25 heavy (non-hydrogen) atoms. The van der Waals surface area contributed by atoms with Crippen LogP contribution in [0.3, 0.4) is 0 Å². The highest BCUT2D eigenvalue weighted by molar-refractivity contribution is 6.31. The SMILES string of the molecule is CCOC(=O)COc1ccc(Oc2ccc3cc(Cl)ccc3n2)cc1. The first-order valence-corrected chi connectivity index (χ1v) is 8.14. The molecule has 0 amide bonds. The minimum Gasteiger partial charge on any atom is -0.482 e. The molecule has 0 bridgehead atoms. The fourth-order valence-corrected chi connectivity index (χ4v) is 2.38. The third-order valence-corrected chi connectivity index (χ3v) is 3.57. The smallest absolute Gasteiger partial charge is 0.344 e. The maximum Gasteiger partial charge on any atom is 0.344 e. The lowest BCUT2D eigenvalue weighted by Gasteiger charge is -2.08. The highest BCUT2D eigenvalue weighted by atomic mass is 35.5. The quantitative estimate of drug-likeness (QED) is 0.602. The Bertz CT molecular complexity index is 880. The van der Waals surface area contributed by atoms with E-state index in [1.54, 1.807) is 43.3 Å². The molecule has 2 aromatic carbocycles. The highest BCUT2D eigenvalue weighted by Gasteiger charge is 2.05. The monoisotopic (exact) mass is 357 g/mol. The van der Waals surface area contributed by atoms with Crippen molar-refractivity contribution < 1.29 is 19.0 Å². The van der Waals surface area contributed by atoms with Gasteiger partial charge in [-0.15, -0.1) is 0 Å². The second kappa shape index (κ2) is 7.85. The van der Waals surface area contributed by atoms with Gasteiger partial charge in [0.05, 0.1) is 12.1 Å². The minimum atomic E-state index is -0.400. The molecule has 1 aromatic heterocycles. The maximum absolute atomic E-state index is 11.3. The summed E-state index contributed by atoms with van der Waals surface area (Å²) in [6.45, 7) is 1.96. The zero-order valence-electron chi connectivity index (χ0n) is 13.6. The number of benzene rings is 2. The van der Waals surface area contributed by atoms with Gasteiger partial charge in [0.1, 0.15) is 11.5 Å². The fraction of sp³-hybridized carbons (Fsp3) is 0.158. The Labute approximate surface area is 150 Å². The molecule has 6 heteroatoms. The summed E-state index contributed by atoms with van der Waals surface area (Å²) in [5.74, 6) is 1.25. The van der Waals surface area contributed by atoms with E-state index in [0.717, 1.165) is 10.9 Å². The summed E-state index contributed by atoms with van der Waals surface area (Å²) in [6, 6.07) is 16.1. The number of hydrogen-bond donors (Lipinski definition) is 0. The highest BCUT2D eigenvalue weighted by Crippen LogP contribution is 2.25. The van der Waals surface area contributed by atoms with Crippen molar-refractivity contribution in [3.8, 4) is 17.4 Å². The lowest BCUT2D eigenvalue weighted by molar-refractivity contribution is -0.145. The van der Waals surface area contributed by atoms with Crippen LogP contribution in [0.2, 0.25) is 5.02 Å². The predicted octanol–water partition coefficient (Wildman–Crippen LogP) is 4.62. The number of fused-ring (bicyclic) bond motifs is 1. The van der Waals surface area contributed by atoms with Gasteiger partial charge in [-0.25, -0.2) is 9.78 Å². The molecule has 0 aliphatic rings. The van der Waals surface area contributed by atoms with Gasteiger partial charge in [0.2, 0.25) is 5.88 Å². The standard InChI is InChI=1S/C19H16ClNO4/c1-2-23-19(22)12-24-15-5-7-16(8-6-15)25-18-10-3-13-11-14(20)4-9-17(13)21-18/h3-11H,2,12H2,1H3. The molecule has 0 aliphatic carbocycles. The molecule has 0 aliphatic heterocycles. The van der Waals surface area contributed by atoms with E-state index in [9.17, 15) is 4.79 Å². The zero-order chi connectivity index (χ0) is 17.6. The largest absolute Gasteiger partial charge is 0.482 e. The summed E-state index contributed by atoms with van der Waals surface area (Å²) in [5, 5.41) is 1.61. The van der Waals surface area contributed by atoms with Gasteiger partial charge in [-0.1, -0.05) is 11.6 Å². The molecular formula is C19H16ClNO4. The van der Waals surface area contributed by atoms with Crippen molar-refractivity contribution in [2.75, 3.05) is 13.2 Å². The van der Waals surface area contributed by atoms with Gasteiger partial charge >= 0.3 is 5.97 Å². The second-order valence-corrected chi connectivity index (χ2v) is 5.59. The summed E-state index contributed by atoms with van der Waals surface area (Å²) in [5.41, 5.74) is 0.802. The Morgan fingerprint density at radius 3 is 2.56 bits per heavy atom. The van der Waals surface area contributed by atoms with E-state index in [1.807, 2.05) is 18.2 Å². The van der Waals surface area contributed by atoms with Gasteiger partial charge < -0.3 is 14.2 Å². The van der Waals surface area contributed by atoms with Crippen LogP contribution in [0, 0.1) is 0 Å².